The van der Waals surface area contributed by atoms with Crippen LogP contribution in [0.4, 0.5) is 13.2 Å². The Morgan fingerprint density at radius 1 is 1.26 bits per heavy atom. The van der Waals surface area contributed by atoms with Crippen LogP contribution in [-0.2, 0) is 14.3 Å². The minimum Gasteiger partial charge on any atom is -0.465 e. The van der Waals surface area contributed by atoms with E-state index in [1.807, 2.05) is 0 Å². The average Bonchev–Trinajstić information content (AvgIpc) is 2.31. The molecule has 1 saturated carbocycles. The quantitative estimate of drug-likeness (QED) is 0.803. The van der Waals surface area contributed by atoms with E-state index in [4.69, 9.17) is 9.47 Å². The molecule has 0 aliphatic heterocycles. The molecular weight excluding hydrogens is 265 g/mol. The van der Waals surface area contributed by atoms with E-state index in [2.05, 4.69) is 0 Å². The van der Waals surface area contributed by atoms with Gasteiger partial charge in [0.1, 0.15) is 0 Å². The molecule has 0 aromatic rings. The second kappa shape index (κ2) is 5.66. The van der Waals surface area contributed by atoms with Gasteiger partial charge in [-0.3, -0.25) is 4.79 Å². The standard InChI is InChI=1S/C12H19F3O4/c1-3-19-9(16)10(8-18-2)4-6-11(17,7-5-10)12(13,14)15/h17H,3-8H2,1-2H3. The second-order valence-corrected chi connectivity index (χ2v) is 4.96. The van der Waals surface area contributed by atoms with Gasteiger partial charge in [0, 0.05) is 7.11 Å². The van der Waals surface area contributed by atoms with E-state index in [1.54, 1.807) is 6.92 Å². The first-order valence-electron chi connectivity index (χ1n) is 6.16. The highest BCUT2D eigenvalue weighted by Crippen LogP contribution is 2.48. The van der Waals surface area contributed by atoms with Crippen molar-refractivity contribution in [2.24, 2.45) is 5.41 Å². The van der Waals surface area contributed by atoms with Crippen LogP contribution in [0, 0.1) is 5.41 Å². The van der Waals surface area contributed by atoms with E-state index in [1.165, 1.54) is 7.11 Å². The van der Waals surface area contributed by atoms with Crippen molar-refractivity contribution in [1.29, 1.82) is 0 Å². The first kappa shape index (κ1) is 16.2. The Bertz CT molecular complexity index is 319. The fraction of sp³-hybridized carbons (Fsp3) is 0.917. The SMILES string of the molecule is CCOC(=O)C1(COC)CCC(O)(C(F)(F)F)CC1. The van der Waals surface area contributed by atoms with Crippen LogP contribution in [0.5, 0.6) is 0 Å². The van der Waals surface area contributed by atoms with E-state index >= 15 is 0 Å². The highest BCUT2D eigenvalue weighted by atomic mass is 19.4. The number of methoxy groups -OCH3 is 1. The highest BCUT2D eigenvalue weighted by Gasteiger charge is 2.58. The van der Waals surface area contributed by atoms with Gasteiger partial charge in [0.25, 0.3) is 0 Å². The molecule has 1 aliphatic rings. The zero-order valence-electron chi connectivity index (χ0n) is 11.0. The van der Waals surface area contributed by atoms with Gasteiger partial charge in [-0.05, 0) is 32.6 Å². The monoisotopic (exact) mass is 284 g/mol. The third-order valence-corrected chi connectivity index (χ3v) is 3.69. The summed E-state index contributed by atoms with van der Waals surface area (Å²) in [6, 6.07) is 0. The summed E-state index contributed by atoms with van der Waals surface area (Å²) in [5, 5.41) is 9.60. The lowest BCUT2D eigenvalue weighted by molar-refractivity contribution is -0.276. The van der Waals surface area contributed by atoms with E-state index in [9.17, 15) is 23.1 Å². The molecule has 0 aromatic carbocycles. The van der Waals surface area contributed by atoms with E-state index < -0.39 is 36.0 Å². The Kier molecular flexibility index (Phi) is 4.84. The van der Waals surface area contributed by atoms with Gasteiger partial charge < -0.3 is 14.6 Å². The Morgan fingerprint density at radius 3 is 2.16 bits per heavy atom. The van der Waals surface area contributed by atoms with Gasteiger partial charge in [0.05, 0.1) is 18.6 Å². The summed E-state index contributed by atoms with van der Waals surface area (Å²) in [5.74, 6) is -0.555. The maximum Gasteiger partial charge on any atom is 0.417 e. The molecule has 1 fully saturated rings. The Morgan fingerprint density at radius 2 is 1.79 bits per heavy atom. The summed E-state index contributed by atoms with van der Waals surface area (Å²) < 4.78 is 48.0. The molecule has 0 heterocycles. The van der Waals surface area contributed by atoms with Crippen molar-refractivity contribution in [1.82, 2.24) is 0 Å². The van der Waals surface area contributed by atoms with Crippen LogP contribution in [-0.4, -0.2) is 43.2 Å². The summed E-state index contributed by atoms with van der Waals surface area (Å²) in [6.07, 6.45) is -5.91. The molecule has 0 unspecified atom stereocenters. The predicted molar refractivity (Wildman–Crippen MR) is 60.4 cm³/mol. The van der Waals surface area contributed by atoms with Crippen molar-refractivity contribution in [3.8, 4) is 0 Å². The second-order valence-electron chi connectivity index (χ2n) is 4.96. The zero-order valence-corrected chi connectivity index (χ0v) is 11.0. The first-order valence-corrected chi connectivity index (χ1v) is 6.16. The molecule has 112 valence electrons. The predicted octanol–water partition coefficient (Wildman–Crippen LogP) is 2.05. The summed E-state index contributed by atoms with van der Waals surface area (Å²) in [5.41, 5.74) is -3.79. The molecule has 0 radical (unpaired) electrons. The molecule has 0 bridgehead atoms. The number of esters is 1. The number of hydrogen-bond donors (Lipinski definition) is 1. The third-order valence-electron chi connectivity index (χ3n) is 3.69. The van der Waals surface area contributed by atoms with Crippen LogP contribution in [0.1, 0.15) is 32.6 Å². The van der Waals surface area contributed by atoms with E-state index in [0.717, 1.165) is 0 Å². The third kappa shape index (κ3) is 3.20. The number of ether oxygens (including phenoxy) is 2. The molecule has 0 aromatic heterocycles. The van der Waals surface area contributed by atoms with Crippen LogP contribution in [0.3, 0.4) is 0 Å². The van der Waals surface area contributed by atoms with E-state index in [-0.39, 0.29) is 26.1 Å². The van der Waals surface area contributed by atoms with Crippen LogP contribution in [0.2, 0.25) is 0 Å². The van der Waals surface area contributed by atoms with Crippen molar-refractivity contribution in [2.45, 2.75) is 44.4 Å². The maximum absolute atomic E-state index is 12.7. The number of alkyl halides is 3. The molecule has 1 aliphatic carbocycles. The molecule has 0 spiro atoms. The van der Waals surface area contributed by atoms with Crippen LogP contribution in [0.25, 0.3) is 0 Å². The van der Waals surface area contributed by atoms with Gasteiger partial charge in [-0.1, -0.05) is 0 Å². The molecule has 1 N–H and O–H groups in total. The first-order chi connectivity index (χ1) is 8.71. The Labute approximate surface area is 109 Å². The maximum atomic E-state index is 12.7. The summed E-state index contributed by atoms with van der Waals surface area (Å²) in [7, 11) is 1.38. The molecule has 0 amide bonds. The van der Waals surface area contributed by atoms with Gasteiger partial charge in [-0.2, -0.15) is 13.2 Å². The zero-order chi connectivity index (χ0) is 14.7. The Balaban J connectivity index is 2.83. The van der Waals surface area contributed by atoms with Crippen molar-refractivity contribution in [3.05, 3.63) is 0 Å². The molecule has 7 heteroatoms. The van der Waals surface area contributed by atoms with Crippen LogP contribution in [0.15, 0.2) is 0 Å². The Hall–Kier alpha value is -0.820. The minimum absolute atomic E-state index is 0.000228. The molecule has 0 atom stereocenters. The molecule has 1 rings (SSSR count). The number of aliphatic hydroxyl groups is 1. The number of hydrogen-bond acceptors (Lipinski definition) is 4. The smallest absolute Gasteiger partial charge is 0.417 e. The van der Waals surface area contributed by atoms with Crippen molar-refractivity contribution < 1.29 is 32.5 Å². The number of halogens is 3. The van der Waals surface area contributed by atoms with Gasteiger partial charge in [0.15, 0.2) is 5.60 Å². The van der Waals surface area contributed by atoms with Crippen molar-refractivity contribution >= 4 is 5.97 Å². The minimum atomic E-state index is -4.68. The number of carbonyl (C=O) groups excluding carboxylic acids is 1. The number of rotatable bonds is 4. The van der Waals surface area contributed by atoms with Gasteiger partial charge in [-0.15, -0.1) is 0 Å². The van der Waals surface area contributed by atoms with Crippen molar-refractivity contribution in [2.75, 3.05) is 20.3 Å². The summed E-state index contributed by atoms with van der Waals surface area (Å²) in [4.78, 5) is 11.9. The lowest BCUT2D eigenvalue weighted by Crippen LogP contribution is -2.52. The summed E-state index contributed by atoms with van der Waals surface area (Å²) in [6.45, 7) is 1.79. The van der Waals surface area contributed by atoms with Gasteiger partial charge in [0.2, 0.25) is 0 Å². The van der Waals surface area contributed by atoms with Gasteiger partial charge in [-0.25, -0.2) is 0 Å². The van der Waals surface area contributed by atoms with E-state index in [0.29, 0.717) is 0 Å². The fourth-order valence-corrected chi connectivity index (χ4v) is 2.39. The largest absolute Gasteiger partial charge is 0.465 e. The van der Waals surface area contributed by atoms with Crippen molar-refractivity contribution in [3.63, 3.8) is 0 Å². The highest BCUT2D eigenvalue weighted by molar-refractivity contribution is 5.77. The normalized spacial score (nSPS) is 32.1. The topological polar surface area (TPSA) is 55.8 Å². The molecule has 4 nitrogen and oxygen atoms in total. The fourth-order valence-electron chi connectivity index (χ4n) is 2.39. The van der Waals surface area contributed by atoms with Crippen LogP contribution >= 0.6 is 0 Å². The molecule has 0 saturated heterocycles. The number of carbonyl (C=O) groups is 1. The van der Waals surface area contributed by atoms with Crippen LogP contribution < -0.4 is 0 Å². The molecular formula is C12H19F3O4. The molecule has 19 heavy (non-hydrogen) atoms. The summed E-state index contributed by atoms with van der Waals surface area (Å²) >= 11 is 0. The van der Waals surface area contributed by atoms with Gasteiger partial charge >= 0.3 is 12.1 Å². The average molecular weight is 284 g/mol. The lowest BCUT2D eigenvalue weighted by atomic mass is 9.68. The lowest BCUT2D eigenvalue weighted by Gasteiger charge is -2.42.